The highest BCUT2D eigenvalue weighted by atomic mass is 35.5. The Morgan fingerprint density at radius 2 is 1.65 bits per heavy atom. The van der Waals surface area contributed by atoms with Crippen LogP contribution >= 0.6 is 46.4 Å². The third kappa shape index (κ3) is 2.90. The van der Waals surface area contributed by atoms with Gasteiger partial charge >= 0.3 is 0 Å². The summed E-state index contributed by atoms with van der Waals surface area (Å²) in [5.41, 5.74) is 7.12. The van der Waals surface area contributed by atoms with Gasteiger partial charge in [0.15, 0.2) is 0 Å². The Morgan fingerprint density at radius 1 is 1.00 bits per heavy atom. The van der Waals surface area contributed by atoms with Crippen molar-refractivity contribution in [3.8, 4) is 11.1 Å². The van der Waals surface area contributed by atoms with Crippen LogP contribution in [0.4, 0.5) is 4.39 Å². The lowest BCUT2D eigenvalue weighted by Crippen LogP contribution is -2.05. The van der Waals surface area contributed by atoms with E-state index >= 15 is 0 Å². The first kappa shape index (κ1) is 15.9. The van der Waals surface area contributed by atoms with Gasteiger partial charge in [-0.3, -0.25) is 0 Å². The molecule has 0 radical (unpaired) electrons. The number of benzene rings is 2. The van der Waals surface area contributed by atoms with Gasteiger partial charge in [-0.2, -0.15) is 0 Å². The number of hydrogen-bond donors (Lipinski definition) is 1. The van der Waals surface area contributed by atoms with Gasteiger partial charge in [0, 0.05) is 17.2 Å². The molecule has 2 rings (SSSR count). The van der Waals surface area contributed by atoms with Crippen molar-refractivity contribution in [1.29, 1.82) is 0 Å². The highest BCUT2D eigenvalue weighted by Gasteiger charge is 2.19. The summed E-state index contributed by atoms with van der Waals surface area (Å²) in [5.74, 6) is -0.461. The summed E-state index contributed by atoms with van der Waals surface area (Å²) in [4.78, 5) is 0. The molecule has 1 atom stereocenters. The van der Waals surface area contributed by atoms with Crippen LogP contribution in [-0.4, -0.2) is 0 Å². The Morgan fingerprint density at radius 3 is 2.25 bits per heavy atom. The standard InChI is InChI=1S/C14H10Cl4FN/c1-6(20)7-2-3-11(19)8(4-7)12-9(15)5-10(16)13(17)14(12)18/h2-6H,20H2,1H3. The Bertz CT molecular complexity index is 671. The van der Waals surface area contributed by atoms with E-state index in [4.69, 9.17) is 52.1 Å². The molecule has 1 nitrogen and oxygen atoms in total. The highest BCUT2D eigenvalue weighted by Crippen LogP contribution is 2.44. The van der Waals surface area contributed by atoms with Gasteiger partial charge in [0.2, 0.25) is 0 Å². The van der Waals surface area contributed by atoms with E-state index < -0.39 is 5.82 Å². The van der Waals surface area contributed by atoms with Crippen LogP contribution < -0.4 is 5.73 Å². The average molecular weight is 353 g/mol. The number of halogens is 5. The number of hydrogen-bond acceptors (Lipinski definition) is 1. The zero-order chi connectivity index (χ0) is 15.0. The molecule has 0 aromatic heterocycles. The molecule has 2 aromatic rings. The van der Waals surface area contributed by atoms with Crippen LogP contribution in [0.2, 0.25) is 20.1 Å². The molecule has 0 spiro atoms. The molecule has 20 heavy (non-hydrogen) atoms. The fourth-order valence-electron chi connectivity index (χ4n) is 1.83. The summed E-state index contributed by atoms with van der Waals surface area (Å²) in [6.45, 7) is 1.80. The molecule has 0 fully saturated rings. The molecule has 1 unspecified atom stereocenters. The van der Waals surface area contributed by atoms with Crippen molar-refractivity contribution in [2.75, 3.05) is 0 Å². The normalized spacial score (nSPS) is 12.6. The van der Waals surface area contributed by atoms with Crippen molar-refractivity contribution in [3.05, 3.63) is 55.7 Å². The lowest BCUT2D eigenvalue weighted by atomic mass is 9.99. The zero-order valence-corrected chi connectivity index (χ0v) is 13.4. The second kappa shape index (κ2) is 6.08. The molecule has 0 saturated heterocycles. The molecule has 0 aliphatic carbocycles. The Kier molecular flexibility index (Phi) is 4.83. The fraction of sp³-hybridized carbons (Fsp3) is 0.143. The fourth-order valence-corrected chi connectivity index (χ4v) is 2.95. The molecular weight excluding hydrogens is 343 g/mol. The summed E-state index contributed by atoms with van der Waals surface area (Å²) in [7, 11) is 0. The first-order valence-electron chi connectivity index (χ1n) is 5.71. The molecule has 0 aliphatic rings. The Labute approximate surface area is 136 Å². The van der Waals surface area contributed by atoms with Gasteiger partial charge in [-0.15, -0.1) is 0 Å². The number of nitrogens with two attached hydrogens (primary N) is 1. The molecule has 0 heterocycles. The summed E-state index contributed by atoms with van der Waals surface area (Å²) in [6.07, 6.45) is 0. The molecule has 0 aliphatic heterocycles. The van der Waals surface area contributed by atoms with Gasteiger partial charge in [-0.1, -0.05) is 52.5 Å². The SMILES string of the molecule is CC(N)c1ccc(F)c(-c2c(Cl)cc(Cl)c(Cl)c2Cl)c1. The maximum atomic E-state index is 14.1. The van der Waals surface area contributed by atoms with Crippen molar-refractivity contribution in [2.24, 2.45) is 5.73 Å². The average Bonchev–Trinajstić information content (AvgIpc) is 2.38. The molecule has 0 bridgehead atoms. The van der Waals surface area contributed by atoms with Gasteiger partial charge in [0.25, 0.3) is 0 Å². The van der Waals surface area contributed by atoms with Gasteiger partial charge < -0.3 is 5.73 Å². The first-order valence-corrected chi connectivity index (χ1v) is 7.22. The van der Waals surface area contributed by atoms with E-state index in [1.807, 2.05) is 0 Å². The van der Waals surface area contributed by atoms with Crippen molar-refractivity contribution >= 4 is 46.4 Å². The predicted molar refractivity (Wildman–Crippen MR) is 84.5 cm³/mol. The minimum atomic E-state index is -0.461. The van der Waals surface area contributed by atoms with Crippen molar-refractivity contribution in [3.63, 3.8) is 0 Å². The van der Waals surface area contributed by atoms with Crippen LogP contribution in [-0.2, 0) is 0 Å². The van der Waals surface area contributed by atoms with Crippen LogP contribution in [0.25, 0.3) is 11.1 Å². The van der Waals surface area contributed by atoms with E-state index in [-0.39, 0.29) is 31.7 Å². The lowest BCUT2D eigenvalue weighted by Gasteiger charge is -2.14. The summed E-state index contributed by atoms with van der Waals surface area (Å²) in [6, 6.07) is 5.74. The van der Waals surface area contributed by atoms with E-state index in [0.717, 1.165) is 5.56 Å². The molecule has 106 valence electrons. The minimum absolute atomic E-state index is 0.116. The quantitative estimate of drug-likeness (QED) is 0.510. The van der Waals surface area contributed by atoms with Crippen LogP contribution in [0, 0.1) is 5.82 Å². The van der Waals surface area contributed by atoms with E-state index in [0.29, 0.717) is 5.56 Å². The third-order valence-corrected chi connectivity index (χ3v) is 4.46. The third-order valence-electron chi connectivity index (χ3n) is 2.90. The minimum Gasteiger partial charge on any atom is -0.324 e. The second-order valence-corrected chi connectivity index (χ2v) is 5.94. The summed E-state index contributed by atoms with van der Waals surface area (Å²) >= 11 is 24.1. The van der Waals surface area contributed by atoms with Gasteiger partial charge in [0.05, 0.1) is 20.1 Å². The largest absolute Gasteiger partial charge is 0.324 e. The Hall–Kier alpha value is -0.510. The van der Waals surface area contributed by atoms with Gasteiger partial charge in [-0.25, -0.2) is 4.39 Å². The van der Waals surface area contributed by atoms with Crippen molar-refractivity contribution in [1.82, 2.24) is 0 Å². The maximum Gasteiger partial charge on any atom is 0.131 e. The van der Waals surface area contributed by atoms with Crippen molar-refractivity contribution < 1.29 is 4.39 Å². The Balaban J connectivity index is 2.74. The molecule has 6 heteroatoms. The smallest absolute Gasteiger partial charge is 0.131 e. The molecule has 0 saturated carbocycles. The van der Waals surface area contributed by atoms with E-state index in [1.54, 1.807) is 19.1 Å². The van der Waals surface area contributed by atoms with Crippen LogP contribution in [0.15, 0.2) is 24.3 Å². The number of rotatable bonds is 2. The van der Waals surface area contributed by atoms with Crippen molar-refractivity contribution in [2.45, 2.75) is 13.0 Å². The molecule has 2 aromatic carbocycles. The van der Waals surface area contributed by atoms with Gasteiger partial charge in [-0.05, 0) is 30.7 Å². The van der Waals surface area contributed by atoms with Crippen LogP contribution in [0.1, 0.15) is 18.5 Å². The second-order valence-electron chi connectivity index (χ2n) is 4.37. The van der Waals surface area contributed by atoms with Gasteiger partial charge in [0.1, 0.15) is 5.82 Å². The first-order chi connectivity index (χ1) is 9.32. The topological polar surface area (TPSA) is 26.0 Å². The zero-order valence-electron chi connectivity index (χ0n) is 10.4. The van der Waals surface area contributed by atoms with Crippen LogP contribution in [0.3, 0.4) is 0 Å². The monoisotopic (exact) mass is 351 g/mol. The van der Waals surface area contributed by atoms with E-state index in [1.165, 1.54) is 12.1 Å². The lowest BCUT2D eigenvalue weighted by molar-refractivity contribution is 0.629. The van der Waals surface area contributed by atoms with E-state index in [2.05, 4.69) is 0 Å². The summed E-state index contributed by atoms with van der Waals surface area (Å²) in [5, 5.41) is 0.697. The predicted octanol–water partition coefficient (Wildman–Crippen LogP) is 6.13. The molecular formula is C14H10Cl4FN. The maximum absolute atomic E-state index is 14.1. The summed E-state index contributed by atoms with van der Waals surface area (Å²) < 4.78 is 14.1. The van der Waals surface area contributed by atoms with Crippen LogP contribution in [0.5, 0.6) is 0 Å². The highest BCUT2D eigenvalue weighted by molar-refractivity contribution is 6.51. The molecule has 2 N–H and O–H groups in total. The van der Waals surface area contributed by atoms with E-state index in [9.17, 15) is 4.39 Å². The molecule has 0 amide bonds.